The van der Waals surface area contributed by atoms with Gasteiger partial charge in [0.15, 0.2) is 0 Å². The van der Waals surface area contributed by atoms with Crippen molar-refractivity contribution in [2.24, 2.45) is 0 Å². The molecule has 0 aliphatic heterocycles. The van der Waals surface area contributed by atoms with Gasteiger partial charge in [0.25, 0.3) is 5.91 Å². The van der Waals surface area contributed by atoms with Crippen LogP contribution in [-0.2, 0) is 0 Å². The SMILES string of the molecule is CCCC(CC)NC(=O)c1c(F)cccc1Cl. The number of hydrogen-bond acceptors (Lipinski definition) is 1. The molecule has 0 bridgehead atoms. The molecule has 0 radical (unpaired) electrons. The molecule has 17 heavy (non-hydrogen) atoms. The van der Waals surface area contributed by atoms with Gasteiger partial charge >= 0.3 is 0 Å². The second-order valence-electron chi connectivity index (χ2n) is 3.96. The van der Waals surface area contributed by atoms with Gasteiger partial charge in [0.1, 0.15) is 5.82 Å². The zero-order valence-electron chi connectivity index (χ0n) is 10.1. The van der Waals surface area contributed by atoms with Gasteiger partial charge in [-0.2, -0.15) is 0 Å². The maximum absolute atomic E-state index is 13.5. The van der Waals surface area contributed by atoms with Crippen molar-refractivity contribution in [2.75, 3.05) is 0 Å². The van der Waals surface area contributed by atoms with Crippen LogP contribution in [0.25, 0.3) is 0 Å². The summed E-state index contributed by atoms with van der Waals surface area (Å²) in [5, 5.41) is 2.95. The molecular weight excluding hydrogens is 241 g/mol. The van der Waals surface area contributed by atoms with E-state index < -0.39 is 11.7 Å². The average Bonchev–Trinajstić information content (AvgIpc) is 2.28. The fraction of sp³-hybridized carbons (Fsp3) is 0.462. The summed E-state index contributed by atoms with van der Waals surface area (Å²) >= 11 is 5.83. The minimum Gasteiger partial charge on any atom is -0.349 e. The topological polar surface area (TPSA) is 29.1 Å². The van der Waals surface area contributed by atoms with Crippen molar-refractivity contribution in [3.8, 4) is 0 Å². The Kier molecular flexibility index (Phi) is 5.42. The van der Waals surface area contributed by atoms with E-state index in [2.05, 4.69) is 5.32 Å². The molecule has 0 spiro atoms. The molecule has 0 saturated heterocycles. The Balaban J connectivity index is 2.82. The van der Waals surface area contributed by atoms with Crippen LogP contribution in [0.5, 0.6) is 0 Å². The molecule has 1 N–H and O–H groups in total. The molecule has 0 aliphatic carbocycles. The summed E-state index contributed by atoms with van der Waals surface area (Å²) in [5.41, 5.74) is -0.0660. The first kappa shape index (κ1) is 14.0. The number of hydrogen-bond donors (Lipinski definition) is 1. The van der Waals surface area contributed by atoms with Crippen LogP contribution in [0.3, 0.4) is 0 Å². The van der Waals surface area contributed by atoms with Gasteiger partial charge in [-0.1, -0.05) is 37.9 Å². The summed E-state index contributed by atoms with van der Waals surface area (Å²) in [6, 6.07) is 4.31. The quantitative estimate of drug-likeness (QED) is 0.854. The van der Waals surface area contributed by atoms with Gasteiger partial charge in [-0.05, 0) is 25.0 Å². The van der Waals surface area contributed by atoms with Gasteiger partial charge in [0.2, 0.25) is 0 Å². The van der Waals surface area contributed by atoms with E-state index in [1.54, 1.807) is 0 Å². The second kappa shape index (κ2) is 6.60. The molecule has 1 rings (SSSR count). The van der Waals surface area contributed by atoms with E-state index in [1.807, 2.05) is 13.8 Å². The van der Waals surface area contributed by atoms with Crippen molar-refractivity contribution < 1.29 is 9.18 Å². The highest BCUT2D eigenvalue weighted by Crippen LogP contribution is 2.19. The van der Waals surface area contributed by atoms with Gasteiger partial charge in [0, 0.05) is 6.04 Å². The third-order valence-corrected chi connectivity index (χ3v) is 2.97. The fourth-order valence-electron chi connectivity index (χ4n) is 1.70. The van der Waals surface area contributed by atoms with Crippen molar-refractivity contribution in [3.05, 3.63) is 34.6 Å². The molecule has 0 saturated carbocycles. The van der Waals surface area contributed by atoms with Crippen molar-refractivity contribution in [1.29, 1.82) is 0 Å². The molecular formula is C13H17ClFNO. The van der Waals surface area contributed by atoms with Crippen LogP contribution < -0.4 is 5.32 Å². The molecule has 0 aromatic heterocycles. The highest BCUT2D eigenvalue weighted by Gasteiger charge is 2.18. The molecule has 1 amide bonds. The van der Waals surface area contributed by atoms with Gasteiger partial charge in [-0.15, -0.1) is 0 Å². The lowest BCUT2D eigenvalue weighted by atomic mass is 10.1. The van der Waals surface area contributed by atoms with E-state index in [1.165, 1.54) is 18.2 Å². The Morgan fingerprint density at radius 1 is 1.47 bits per heavy atom. The normalized spacial score (nSPS) is 12.2. The molecule has 0 aliphatic rings. The number of benzene rings is 1. The number of halogens is 2. The Morgan fingerprint density at radius 3 is 2.71 bits per heavy atom. The zero-order chi connectivity index (χ0) is 12.8. The van der Waals surface area contributed by atoms with Crippen LogP contribution in [0.2, 0.25) is 5.02 Å². The van der Waals surface area contributed by atoms with Crippen molar-refractivity contribution in [2.45, 2.75) is 39.2 Å². The van der Waals surface area contributed by atoms with E-state index >= 15 is 0 Å². The molecule has 1 aromatic rings. The molecule has 2 nitrogen and oxygen atoms in total. The highest BCUT2D eigenvalue weighted by molar-refractivity contribution is 6.33. The molecule has 0 heterocycles. The number of amides is 1. The van der Waals surface area contributed by atoms with Crippen LogP contribution in [-0.4, -0.2) is 11.9 Å². The summed E-state index contributed by atoms with van der Waals surface area (Å²) in [4.78, 5) is 11.9. The van der Waals surface area contributed by atoms with Crippen LogP contribution >= 0.6 is 11.6 Å². The number of nitrogens with one attached hydrogen (secondary N) is 1. The predicted octanol–water partition coefficient (Wildman–Crippen LogP) is 3.79. The second-order valence-corrected chi connectivity index (χ2v) is 4.37. The molecule has 0 fully saturated rings. The summed E-state index contributed by atoms with van der Waals surface area (Å²) < 4.78 is 13.5. The molecule has 94 valence electrons. The summed E-state index contributed by atoms with van der Waals surface area (Å²) in [7, 11) is 0. The van der Waals surface area contributed by atoms with E-state index in [4.69, 9.17) is 11.6 Å². The molecule has 4 heteroatoms. The smallest absolute Gasteiger partial charge is 0.255 e. The fourth-order valence-corrected chi connectivity index (χ4v) is 1.95. The standard InChI is InChI=1S/C13H17ClFNO/c1-3-6-9(4-2)16-13(17)12-10(14)7-5-8-11(12)15/h5,7-9H,3-4,6H2,1-2H3,(H,16,17). The Labute approximate surface area is 106 Å². The van der Waals surface area contributed by atoms with Crippen molar-refractivity contribution in [1.82, 2.24) is 5.32 Å². The summed E-state index contributed by atoms with van der Waals surface area (Å²) in [5.74, 6) is -1.02. The van der Waals surface area contributed by atoms with Gasteiger partial charge in [-0.3, -0.25) is 4.79 Å². The lowest BCUT2D eigenvalue weighted by Crippen LogP contribution is -2.34. The van der Waals surface area contributed by atoms with Crippen LogP contribution in [0.4, 0.5) is 4.39 Å². The third kappa shape index (κ3) is 3.70. The monoisotopic (exact) mass is 257 g/mol. The summed E-state index contributed by atoms with van der Waals surface area (Å²) in [6.45, 7) is 4.04. The lowest BCUT2D eigenvalue weighted by Gasteiger charge is -2.16. The minimum absolute atomic E-state index is 0.0660. The van der Waals surface area contributed by atoms with E-state index in [0.717, 1.165) is 19.3 Å². The predicted molar refractivity (Wildman–Crippen MR) is 67.9 cm³/mol. The number of rotatable bonds is 5. The minimum atomic E-state index is -0.582. The van der Waals surface area contributed by atoms with Gasteiger partial charge < -0.3 is 5.32 Å². The molecule has 1 atom stereocenters. The van der Waals surface area contributed by atoms with Gasteiger partial charge in [-0.25, -0.2) is 4.39 Å². The maximum Gasteiger partial charge on any atom is 0.255 e. The first-order valence-electron chi connectivity index (χ1n) is 5.85. The zero-order valence-corrected chi connectivity index (χ0v) is 10.9. The first-order chi connectivity index (χ1) is 8.10. The van der Waals surface area contributed by atoms with Gasteiger partial charge in [0.05, 0.1) is 10.6 Å². The molecule has 1 unspecified atom stereocenters. The first-order valence-corrected chi connectivity index (χ1v) is 6.22. The Bertz CT molecular complexity index is 375. The number of carbonyl (C=O) groups is 1. The van der Waals surface area contributed by atoms with E-state index in [-0.39, 0.29) is 16.6 Å². The van der Waals surface area contributed by atoms with Crippen molar-refractivity contribution in [3.63, 3.8) is 0 Å². The van der Waals surface area contributed by atoms with Crippen LogP contribution in [0, 0.1) is 5.82 Å². The van der Waals surface area contributed by atoms with E-state index in [9.17, 15) is 9.18 Å². The average molecular weight is 258 g/mol. The molecule has 1 aromatic carbocycles. The van der Waals surface area contributed by atoms with E-state index in [0.29, 0.717) is 0 Å². The highest BCUT2D eigenvalue weighted by atomic mass is 35.5. The Morgan fingerprint density at radius 2 is 2.18 bits per heavy atom. The maximum atomic E-state index is 13.5. The largest absolute Gasteiger partial charge is 0.349 e. The lowest BCUT2D eigenvalue weighted by molar-refractivity contribution is 0.0930. The summed E-state index contributed by atoms with van der Waals surface area (Å²) in [6.07, 6.45) is 2.68. The third-order valence-electron chi connectivity index (χ3n) is 2.65. The van der Waals surface area contributed by atoms with Crippen molar-refractivity contribution >= 4 is 17.5 Å². The Hall–Kier alpha value is -1.09. The number of carbonyl (C=O) groups excluding carboxylic acids is 1. The van der Waals surface area contributed by atoms with Crippen LogP contribution in [0.1, 0.15) is 43.5 Å². The van der Waals surface area contributed by atoms with Crippen LogP contribution in [0.15, 0.2) is 18.2 Å².